The lowest BCUT2D eigenvalue weighted by atomic mass is 10.1. The Hall–Kier alpha value is -0.560. The molecule has 0 radical (unpaired) electrons. The van der Waals surface area contributed by atoms with Gasteiger partial charge in [0.05, 0.1) is 12.6 Å². The highest BCUT2D eigenvalue weighted by molar-refractivity contribution is 5.85. The minimum Gasteiger partial charge on any atom is -0.342 e. The molecule has 2 aliphatic rings. The van der Waals surface area contributed by atoms with E-state index >= 15 is 0 Å². The Labute approximate surface area is 145 Å². The molecule has 2 N–H and O–H groups in total. The number of hydrogen-bond donors (Lipinski definition) is 1. The van der Waals surface area contributed by atoms with Gasteiger partial charge in [-0.1, -0.05) is 0 Å². The molecule has 0 spiro atoms. The van der Waals surface area contributed by atoms with Gasteiger partial charge in [-0.15, -0.1) is 24.8 Å². The molecule has 0 bridgehead atoms. The van der Waals surface area contributed by atoms with E-state index in [9.17, 15) is 9.59 Å². The van der Waals surface area contributed by atoms with Gasteiger partial charge in [0.15, 0.2) is 0 Å². The summed E-state index contributed by atoms with van der Waals surface area (Å²) in [5.41, 5.74) is 5.61. The molecular formula is C14H28Cl2N4O2. The van der Waals surface area contributed by atoms with Crippen molar-refractivity contribution in [2.45, 2.75) is 32.2 Å². The van der Waals surface area contributed by atoms with Crippen molar-refractivity contribution < 1.29 is 9.59 Å². The monoisotopic (exact) mass is 354 g/mol. The van der Waals surface area contributed by atoms with Crippen molar-refractivity contribution in [2.75, 3.05) is 45.8 Å². The van der Waals surface area contributed by atoms with E-state index in [0.29, 0.717) is 19.6 Å². The van der Waals surface area contributed by atoms with Gasteiger partial charge < -0.3 is 15.5 Å². The SMILES string of the molecule is C[C@@H](N)C(=O)N1CCN(CC(=O)N2CCCCC2)CC1.Cl.Cl. The topological polar surface area (TPSA) is 69.9 Å². The number of nitrogens with two attached hydrogens (primary N) is 1. The lowest BCUT2D eigenvalue weighted by Gasteiger charge is -2.36. The maximum Gasteiger partial charge on any atom is 0.239 e. The van der Waals surface area contributed by atoms with Crippen LogP contribution in [0.3, 0.4) is 0 Å². The predicted molar refractivity (Wildman–Crippen MR) is 91.6 cm³/mol. The second kappa shape index (κ2) is 10.3. The summed E-state index contributed by atoms with van der Waals surface area (Å²) in [6.07, 6.45) is 3.49. The van der Waals surface area contributed by atoms with Crippen LogP contribution >= 0.6 is 24.8 Å². The van der Waals surface area contributed by atoms with E-state index in [0.717, 1.165) is 39.0 Å². The minimum absolute atomic E-state index is 0. The summed E-state index contributed by atoms with van der Waals surface area (Å²) < 4.78 is 0. The van der Waals surface area contributed by atoms with E-state index < -0.39 is 6.04 Å². The number of amides is 2. The lowest BCUT2D eigenvalue weighted by Crippen LogP contribution is -2.54. The molecule has 0 saturated carbocycles. The van der Waals surface area contributed by atoms with Gasteiger partial charge in [-0.3, -0.25) is 14.5 Å². The third kappa shape index (κ3) is 5.91. The van der Waals surface area contributed by atoms with Gasteiger partial charge in [0.2, 0.25) is 11.8 Å². The Kier molecular flexibility index (Phi) is 10.00. The number of likely N-dealkylation sites (tertiary alicyclic amines) is 1. The number of piperidine rings is 1. The molecule has 2 amide bonds. The fourth-order valence-corrected chi connectivity index (χ4v) is 2.85. The first-order chi connectivity index (χ1) is 9.58. The van der Waals surface area contributed by atoms with E-state index in [-0.39, 0.29) is 36.6 Å². The normalized spacial score (nSPS) is 20.6. The molecule has 8 heteroatoms. The summed E-state index contributed by atoms with van der Waals surface area (Å²) in [5.74, 6) is 0.240. The van der Waals surface area contributed by atoms with Gasteiger partial charge in [0, 0.05) is 39.3 Å². The van der Waals surface area contributed by atoms with E-state index in [2.05, 4.69) is 4.90 Å². The summed E-state index contributed by atoms with van der Waals surface area (Å²) >= 11 is 0. The van der Waals surface area contributed by atoms with Crippen LogP contribution in [0, 0.1) is 0 Å². The molecule has 2 heterocycles. The van der Waals surface area contributed by atoms with E-state index in [1.54, 1.807) is 11.8 Å². The highest BCUT2D eigenvalue weighted by atomic mass is 35.5. The Morgan fingerprint density at radius 2 is 1.45 bits per heavy atom. The van der Waals surface area contributed by atoms with Crippen molar-refractivity contribution in [3.05, 3.63) is 0 Å². The Morgan fingerprint density at radius 3 is 1.95 bits per heavy atom. The zero-order valence-corrected chi connectivity index (χ0v) is 14.8. The summed E-state index contributed by atoms with van der Waals surface area (Å²) in [5, 5.41) is 0. The summed E-state index contributed by atoms with van der Waals surface area (Å²) in [4.78, 5) is 29.9. The molecule has 0 aromatic carbocycles. The molecule has 6 nitrogen and oxygen atoms in total. The number of hydrogen-bond acceptors (Lipinski definition) is 4. The zero-order valence-electron chi connectivity index (χ0n) is 13.2. The molecule has 2 rings (SSSR count). The minimum atomic E-state index is -0.434. The molecule has 0 aliphatic carbocycles. The Bertz CT molecular complexity index is 355. The van der Waals surface area contributed by atoms with Crippen molar-refractivity contribution in [3.63, 3.8) is 0 Å². The van der Waals surface area contributed by atoms with Crippen LogP contribution in [0.25, 0.3) is 0 Å². The van der Waals surface area contributed by atoms with Crippen LogP contribution < -0.4 is 5.73 Å². The maximum atomic E-state index is 12.2. The standard InChI is InChI=1S/C14H26N4O2.2ClH/c1-12(15)14(20)18-9-7-16(8-10-18)11-13(19)17-5-3-2-4-6-17;;/h12H,2-11,15H2,1H3;2*1H/t12-;;/m1../s1. The average Bonchev–Trinajstić information content (AvgIpc) is 2.48. The highest BCUT2D eigenvalue weighted by Crippen LogP contribution is 2.10. The molecule has 1 atom stereocenters. The largest absolute Gasteiger partial charge is 0.342 e. The second-order valence-corrected chi connectivity index (χ2v) is 5.83. The molecular weight excluding hydrogens is 327 g/mol. The molecule has 2 fully saturated rings. The van der Waals surface area contributed by atoms with Gasteiger partial charge in [0.1, 0.15) is 0 Å². The van der Waals surface area contributed by atoms with E-state index in [1.807, 2.05) is 4.90 Å². The quantitative estimate of drug-likeness (QED) is 0.792. The molecule has 0 aromatic heterocycles. The van der Waals surface area contributed by atoms with Crippen LogP contribution in [0.2, 0.25) is 0 Å². The summed E-state index contributed by atoms with van der Waals surface area (Å²) in [7, 11) is 0. The van der Waals surface area contributed by atoms with Crippen molar-refractivity contribution in [1.29, 1.82) is 0 Å². The van der Waals surface area contributed by atoms with Crippen LogP contribution in [0.5, 0.6) is 0 Å². The van der Waals surface area contributed by atoms with Gasteiger partial charge >= 0.3 is 0 Å². The van der Waals surface area contributed by atoms with E-state index in [4.69, 9.17) is 5.73 Å². The van der Waals surface area contributed by atoms with Crippen LogP contribution in [-0.2, 0) is 9.59 Å². The molecule has 2 saturated heterocycles. The first kappa shape index (κ1) is 21.4. The predicted octanol–water partition coefficient (Wildman–Crippen LogP) is 0.334. The van der Waals surface area contributed by atoms with Crippen molar-refractivity contribution in [1.82, 2.24) is 14.7 Å². The van der Waals surface area contributed by atoms with Crippen LogP contribution in [0.4, 0.5) is 0 Å². The first-order valence-corrected chi connectivity index (χ1v) is 7.62. The maximum absolute atomic E-state index is 12.2. The molecule has 0 aromatic rings. The number of piperazine rings is 1. The van der Waals surface area contributed by atoms with E-state index in [1.165, 1.54) is 6.42 Å². The van der Waals surface area contributed by atoms with Crippen molar-refractivity contribution >= 4 is 36.6 Å². The van der Waals surface area contributed by atoms with Gasteiger partial charge in [-0.2, -0.15) is 0 Å². The number of rotatable bonds is 3. The second-order valence-electron chi connectivity index (χ2n) is 5.83. The number of carbonyl (C=O) groups excluding carboxylic acids is 2. The Balaban J connectivity index is 0.00000220. The average molecular weight is 355 g/mol. The third-order valence-corrected chi connectivity index (χ3v) is 4.14. The summed E-state index contributed by atoms with van der Waals surface area (Å²) in [6.45, 7) is 6.89. The zero-order chi connectivity index (χ0) is 14.5. The molecule has 0 unspecified atom stereocenters. The summed E-state index contributed by atoms with van der Waals surface area (Å²) in [6, 6.07) is -0.434. The first-order valence-electron chi connectivity index (χ1n) is 7.62. The van der Waals surface area contributed by atoms with Gasteiger partial charge in [-0.05, 0) is 26.2 Å². The fraction of sp³-hybridized carbons (Fsp3) is 0.857. The van der Waals surface area contributed by atoms with Gasteiger partial charge in [-0.25, -0.2) is 0 Å². The molecule has 130 valence electrons. The third-order valence-electron chi connectivity index (χ3n) is 4.14. The van der Waals surface area contributed by atoms with Crippen LogP contribution in [0.1, 0.15) is 26.2 Å². The van der Waals surface area contributed by atoms with Crippen molar-refractivity contribution in [2.24, 2.45) is 5.73 Å². The van der Waals surface area contributed by atoms with Crippen LogP contribution in [-0.4, -0.2) is 78.4 Å². The van der Waals surface area contributed by atoms with Crippen molar-refractivity contribution in [3.8, 4) is 0 Å². The number of carbonyl (C=O) groups is 2. The molecule has 22 heavy (non-hydrogen) atoms. The van der Waals surface area contributed by atoms with Gasteiger partial charge in [0.25, 0.3) is 0 Å². The number of nitrogens with zero attached hydrogens (tertiary/aromatic N) is 3. The Morgan fingerprint density at radius 1 is 0.909 bits per heavy atom. The smallest absolute Gasteiger partial charge is 0.239 e. The fourth-order valence-electron chi connectivity index (χ4n) is 2.85. The highest BCUT2D eigenvalue weighted by Gasteiger charge is 2.25. The van der Waals surface area contributed by atoms with Crippen LogP contribution in [0.15, 0.2) is 0 Å². The lowest BCUT2D eigenvalue weighted by molar-refractivity contribution is -0.136. The number of halogens is 2. The molecule has 2 aliphatic heterocycles.